The molecule has 0 spiro atoms. The average molecular weight is 550 g/mol. The van der Waals surface area contributed by atoms with E-state index in [1.54, 1.807) is 12.1 Å². The van der Waals surface area contributed by atoms with Gasteiger partial charge in [0, 0.05) is 56.4 Å². The van der Waals surface area contributed by atoms with Crippen molar-refractivity contribution in [3.05, 3.63) is 84.4 Å². The highest BCUT2D eigenvalue weighted by molar-refractivity contribution is 7.89. The molecule has 3 aromatic rings. The van der Waals surface area contributed by atoms with Crippen LogP contribution >= 0.6 is 0 Å². The molecule has 39 heavy (non-hydrogen) atoms. The highest BCUT2D eigenvalue weighted by Crippen LogP contribution is 2.43. The summed E-state index contributed by atoms with van der Waals surface area (Å²) >= 11 is 0. The zero-order valence-corrected chi connectivity index (χ0v) is 23.4. The molecule has 2 atom stereocenters. The largest absolute Gasteiger partial charge is 0.497 e. The van der Waals surface area contributed by atoms with E-state index < -0.39 is 21.4 Å². The molecule has 0 N–H and O–H groups in total. The van der Waals surface area contributed by atoms with Crippen LogP contribution in [0, 0.1) is 5.92 Å². The molecule has 2 fully saturated rings. The monoisotopic (exact) mass is 549 g/mol. The smallest absolute Gasteiger partial charge is 0.246 e. The molecule has 9 heteroatoms. The van der Waals surface area contributed by atoms with Crippen LogP contribution in [-0.2, 0) is 20.2 Å². The van der Waals surface area contributed by atoms with Crippen molar-refractivity contribution in [2.45, 2.75) is 17.2 Å². The van der Waals surface area contributed by atoms with E-state index in [0.29, 0.717) is 18.8 Å². The van der Waals surface area contributed by atoms with Gasteiger partial charge in [-0.25, -0.2) is 8.42 Å². The number of nitrogens with zero attached hydrogens (tertiary/aromatic N) is 3. The second-order valence-corrected chi connectivity index (χ2v) is 12.2. The summed E-state index contributed by atoms with van der Waals surface area (Å²) in [6.45, 7) is 4.91. The third-order valence-electron chi connectivity index (χ3n) is 8.09. The third kappa shape index (κ3) is 5.08. The van der Waals surface area contributed by atoms with Gasteiger partial charge in [0.25, 0.3) is 0 Å². The Morgan fingerprint density at radius 1 is 0.872 bits per heavy atom. The number of piperazine rings is 1. The van der Waals surface area contributed by atoms with Crippen molar-refractivity contribution in [3.63, 3.8) is 0 Å². The lowest BCUT2D eigenvalue weighted by atomic mass is 9.73. The summed E-state index contributed by atoms with van der Waals surface area (Å²) in [6.07, 6.45) is 0. The molecular formula is C30H35N3O5S. The number of sulfonamides is 1. The van der Waals surface area contributed by atoms with Gasteiger partial charge in [0.2, 0.25) is 15.9 Å². The van der Waals surface area contributed by atoms with E-state index >= 15 is 0 Å². The van der Waals surface area contributed by atoms with Crippen molar-refractivity contribution < 1.29 is 22.7 Å². The first kappa shape index (κ1) is 27.0. The average Bonchev–Trinajstić information content (AvgIpc) is 3.36. The van der Waals surface area contributed by atoms with Crippen LogP contribution in [0.3, 0.4) is 0 Å². The molecule has 1 unspecified atom stereocenters. The maximum atomic E-state index is 14.1. The lowest BCUT2D eigenvalue weighted by molar-refractivity contribution is -0.136. The number of hydrogen-bond acceptors (Lipinski definition) is 6. The molecule has 0 bridgehead atoms. The van der Waals surface area contributed by atoms with E-state index in [-0.39, 0.29) is 29.6 Å². The fourth-order valence-electron chi connectivity index (χ4n) is 5.76. The summed E-state index contributed by atoms with van der Waals surface area (Å²) in [5.41, 5.74) is 1.39. The zero-order chi connectivity index (χ0) is 27.6. The minimum Gasteiger partial charge on any atom is -0.497 e. The van der Waals surface area contributed by atoms with Crippen LogP contribution in [0.15, 0.2) is 83.8 Å². The molecule has 0 saturated carbocycles. The first-order valence-corrected chi connectivity index (χ1v) is 14.6. The summed E-state index contributed by atoms with van der Waals surface area (Å²) in [5.74, 6) is 0.117. The van der Waals surface area contributed by atoms with Gasteiger partial charge in [-0.3, -0.25) is 4.79 Å². The molecule has 1 amide bonds. The lowest BCUT2D eigenvalue weighted by Crippen LogP contribution is -2.53. The highest BCUT2D eigenvalue weighted by Gasteiger charge is 2.52. The van der Waals surface area contributed by atoms with E-state index in [4.69, 9.17) is 9.47 Å². The van der Waals surface area contributed by atoms with Crippen LogP contribution < -0.4 is 14.4 Å². The fourth-order valence-corrected chi connectivity index (χ4v) is 7.49. The molecule has 0 aliphatic carbocycles. The standard InChI is InChI=1S/C30H35N3O5S/c1-30(23-10-6-4-7-11-23)22-33(39(35,36)28-20-25(37-2)14-15-27(28)38-3)21-26(30)29(34)32-18-16-31(17-19-32)24-12-8-5-9-13-24/h4-15,20,26H,16-19,21-22H2,1-3H3/t26-,30?/m0/s1. The van der Waals surface area contributed by atoms with E-state index in [0.717, 1.165) is 24.3 Å². The second kappa shape index (κ2) is 10.9. The Labute approximate surface area is 230 Å². The zero-order valence-electron chi connectivity index (χ0n) is 22.6. The molecule has 2 aliphatic rings. The van der Waals surface area contributed by atoms with Gasteiger partial charge in [0.1, 0.15) is 16.4 Å². The van der Waals surface area contributed by atoms with Gasteiger partial charge < -0.3 is 19.3 Å². The number of amides is 1. The number of carbonyl (C=O) groups excluding carboxylic acids is 1. The van der Waals surface area contributed by atoms with Crippen molar-refractivity contribution in [2.24, 2.45) is 5.92 Å². The van der Waals surface area contributed by atoms with Crippen LogP contribution in [0.5, 0.6) is 11.5 Å². The Balaban J connectivity index is 1.44. The molecule has 2 saturated heterocycles. The van der Waals surface area contributed by atoms with Crippen LogP contribution in [0.1, 0.15) is 12.5 Å². The van der Waals surface area contributed by atoms with Crippen molar-refractivity contribution in [1.29, 1.82) is 0 Å². The normalized spacial score (nSPS) is 22.1. The molecule has 5 rings (SSSR count). The van der Waals surface area contributed by atoms with Gasteiger partial charge in [-0.05, 0) is 29.8 Å². The number of hydrogen-bond donors (Lipinski definition) is 0. The van der Waals surface area contributed by atoms with Gasteiger partial charge in [-0.15, -0.1) is 0 Å². The Kier molecular flexibility index (Phi) is 7.55. The fraction of sp³-hybridized carbons (Fsp3) is 0.367. The summed E-state index contributed by atoms with van der Waals surface area (Å²) < 4.78 is 40.1. The van der Waals surface area contributed by atoms with Crippen molar-refractivity contribution in [1.82, 2.24) is 9.21 Å². The second-order valence-electron chi connectivity index (χ2n) is 10.3. The molecule has 0 radical (unpaired) electrons. The van der Waals surface area contributed by atoms with E-state index in [1.807, 2.05) is 60.4 Å². The molecule has 206 valence electrons. The number of rotatable bonds is 7. The number of methoxy groups -OCH3 is 2. The number of benzene rings is 3. The predicted octanol–water partition coefficient (Wildman–Crippen LogP) is 3.63. The molecule has 2 heterocycles. The van der Waals surface area contributed by atoms with E-state index in [2.05, 4.69) is 17.0 Å². The predicted molar refractivity (Wildman–Crippen MR) is 151 cm³/mol. The number of ether oxygens (including phenoxy) is 2. The SMILES string of the molecule is COc1ccc(OC)c(S(=O)(=O)N2C[C@@H](C(=O)N3CCN(c4ccccc4)CC3)C(C)(c3ccccc3)C2)c1. The Morgan fingerprint density at radius 3 is 2.13 bits per heavy atom. The van der Waals surface area contributed by atoms with Gasteiger partial charge in [-0.1, -0.05) is 55.5 Å². The van der Waals surface area contributed by atoms with Gasteiger partial charge in [0.15, 0.2) is 0 Å². The minimum absolute atomic E-state index is 0.00984. The summed E-state index contributed by atoms with van der Waals surface area (Å²) in [5, 5.41) is 0. The third-order valence-corrected chi connectivity index (χ3v) is 9.93. The van der Waals surface area contributed by atoms with Crippen molar-refractivity contribution in [3.8, 4) is 11.5 Å². The molecular weight excluding hydrogens is 514 g/mol. The Morgan fingerprint density at radius 2 is 1.51 bits per heavy atom. The van der Waals surface area contributed by atoms with Crippen LogP contribution in [0.4, 0.5) is 5.69 Å². The van der Waals surface area contributed by atoms with Crippen LogP contribution in [-0.4, -0.2) is 77.0 Å². The Bertz CT molecular complexity index is 1410. The number of para-hydroxylation sites is 1. The van der Waals surface area contributed by atoms with Crippen molar-refractivity contribution in [2.75, 3.05) is 58.4 Å². The number of carbonyl (C=O) groups is 1. The molecule has 0 aromatic heterocycles. The maximum Gasteiger partial charge on any atom is 0.246 e. The molecule has 8 nitrogen and oxygen atoms in total. The van der Waals surface area contributed by atoms with Crippen LogP contribution in [0.25, 0.3) is 0 Å². The maximum absolute atomic E-state index is 14.1. The molecule has 2 aliphatic heterocycles. The minimum atomic E-state index is -3.99. The lowest BCUT2D eigenvalue weighted by Gasteiger charge is -2.39. The first-order chi connectivity index (χ1) is 18.8. The quantitative estimate of drug-likeness (QED) is 0.448. The first-order valence-electron chi connectivity index (χ1n) is 13.1. The Hall–Kier alpha value is -3.56. The summed E-state index contributed by atoms with van der Waals surface area (Å²) in [7, 11) is -1.05. The topological polar surface area (TPSA) is 79.4 Å². The summed E-state index contributed by atoms with van der Waals surface area (Å²) in [4.78, 5) is 18.3. The van der Waals surface area contributed by atoms with E-state index in [9.17, 15) is 13.2 Å². The van der Waals surface area contributed by atoms with Gasteiger partial charge >= 0.3 is 0 Å². The molecule has 3 aromatic carbocycles. The van der Waals surface area contributed by atoms with E-state index in [1.165, 1.54) is 24.6 Å². The summed E-state index contributed by atoms with van der Waals surface area (Å²) in [6, 6.07) is 24.7. The van der Waals surface area contributed by atoms with Crippen LogP contribution in [0.2, 0.25) is 0 Å². The number of anilines is 1. The van der Waals surface area contributed by atoms with Gasteiger partial charge in [0.05, 0.1) is 20.1 Å². The highest BCUT2D eigenvalue weighted by atomic mass is 32.2. The van der Waals surface area contributed by atoms with Gasteiger partial charge in [-0.2, -0.15) is 4.31 Å². The van der Waals surface area contributed by atoms with Crippen molar-refractivity contribution >= 4 is 21.6 Å².